The van der Waals surface area contributed by atoms with E-state index in [1.807, 2.05) is 11.5 Å². The summed E-state index contributed by atoms with van der Waals surface area (Å²) in [7, 11) is 1.59. The van der Waals surface area contributed by atoms with Gasteiger partial charge in [0.15, 0.2) is 0 Å². The molecule has 0 amide bonds. The van der Waals surface area contributed by atoms with Crippen molar-refractivity contribution >= 4 is 17.0 Å². The number of aromatic carboxylic acids is 1. The van der Waals surface area contributed by atoms with Gasteiger partial charge < -0.3 is 19.5 Å². The van der Waals surface area contributed by atoms with Crippen LogP contribution in [0.3, 0.4) is 0 Å². The first-order valence-corrected chi connectivity index (χ1v) is 6.96. The molecule has 6 heteroatoms. The molecule has 6 nitrogen and oxygen atoms in total. The molecule has 114 valence electrons. The van der Waals surface area contributed by atoms with Gasteiger partial charge in [0.05, 0.1) is 29.2 Å². The van der Waals surface area contributed by atoms with Crippen molar-refractivity contribution < 1.29 is 19.7 Å². The first kappa shape index (κ1) is 15.5. The number of nitrogens with zero attached hydrogens (tertiary/aromatic N) is 2. The summed E-state index contributed by atoms with van der Waals surface area (Å²) in [4.78, 5) is 16.0. The maximum Gasteiger partial charge on any atom is 0.337 e. The van der Waals surface area contributed by atoms with Crippen LogP contribution in [-0.2, 0) is 11.2 Å². The Labute approximate surface area is 123 Å². The van der Waals surface area contributed by atoms with Gasteiger partial charge in [-0.2, -0.15) is 0 Å². The Kier molecular flexibility index (Phi) is 4.93. The molecule has 1 aromatic heterocycles. The lowest BCUT2D eigenvalue weighted by molar-refractivity contribution is 0.0698. The Morgan fingerprint density at radius 2 is 2.24 bits per heavy atom. The predicted molar refractivity (Wildman–Crippen MR) is 78.7 cm³/mol. The summed E-state index contributed by atoms with van der Waals surface area (Å²) < 4.78 is 7.12. The van der Waals surface area contributed by atoms with Gasteiger partial charge in [-0.05, 0) is 18.6 Å². The topological polar surface area (TPSA) is 84.6 Å². The first-order valence-electron chi connectivity index (χ1n) is 6.96. The highest BCUT2D eigenvalue weighted by atomic mass is 16.5. The van der Waals surface area contributed by atoms with Gasteiger partial charge in [0.2, 0.25) is 0 Å². The zero-order chi connectivity index (χ0) is 15.4. The third-order valence-electron chi connectivity index (χ3n) is 3.52. The summed E-state index contributed by atoms with van der Waals surface area (Å²) in [5, 5.41) is 18.7. The summed E-state index contributed by atoms with van der Waals surface area (Å²) in [5.41, 5.74) is 1.47. The molecule has 1 heterocycles. The second-order valence-corrected chi connectivity index (χ2v) is 4.85. The van der Waals surface area contributed by atoms with Gasteiger partial charge in [-0.1, -0.05) is 13.0 Å². The van der Waals surface area contributed by atoms with Crippen LogP contribution in [0.4, 0.5) is 0 Å². The lowest BCUT2D eigenvalue weighted by Gasteiger charge is -2.20. The minimum atomic E-state index is -0.982. The molecule has 21 heavy (non-hydrogen) atoms. The predicted octanol–water partition coefficient (Wildman–Crippen LogP) is 1.87. The minimum absolute atomic E-state index is 0.00604. The number of aliphatic hydroxyl groups is 1. The first-order chi connectivity index (χ1) is 10.1. The zero-order valence-electron chi connectivity index (χ0n) is 12.2. The fraction of sp³-hybridized carbons (Fsp3) is 0.467. The fourth-order valence-corrected chi connectivity index (χ4v) is 2.64. The third kappa shape index (κ3) is 2.91. The quantitative estimate of drug-likeness (QED) is 0.813. The molecule has 1 aromatic carbocycles. The molecule has 0 saturated carbocycles. The Hall–Kier alpha value is -1.92. The summed E-state index contributed by atoms with van der Waals surface area (Å²) in [6.07, 6.45) is 1.17. The lowest BCUT2D eigenvalue weighted by atomic mass is 10.1. The van der Waals surface area contributed by atoms with Crippen LogP contribution in [0, 0.1) is 0 Å². The van der Waals surface area contributed by atoms with Crippen molar-refractivity contribution in [3.8, 4) is 0 Å². The van der Waals surface area contributed by atoms with E-state index in [9.17, 15) is 15.0 Å². The normalized spacial score (nSPS) is 12.7. The number of rotatable bonds is 7. The Balaban J connectivity index is 2.70. The number of carboxylic acids is 1. The molecule has 0 aliphatic carbocycles. The SMILES string of the molecule is CCc1nc2cccc(C(=O)O)c2n1C(CCO)COC. The number of carboxylic acid groups (broad SMARTS) is 1. The van der Waals surface area contributed by atoms with Crippen molar-refractivity contribution in [2.45, 2.75) is 25.8 Å². The minimum Gasteiger partial charge on any atom is -0.478 e. The summed E-state index contributed by atoms with van der Waals surface area (Å²) in [6, 6.07) is 4.94. The van der Waals surface area contributed by atoms with E-state index in [2.05, 4.69) is 4.98 Å². The van der Waals surface area contributed by atoms with Crippen molar-refractivity contribution in [2.75, 3.05) is 20.3 Å². The Morgan fingerprint density at radius 1 is 1.48 bits per heavy atom. The molecule has 0 spiro atoms. The number of carbonyl (C=O) groups is 1. The molecule has 2 aromatic rings. The number of aryl methyl sites for hydroxylation is 1. The molecule has 0 bridgehead atoms. The molecule has 0 radical (unpaired) electrons. The fourth-order valence-electron chi connectivity index (χ4n) is 2.64. The van der Waals surface area contributed by atoms with Gasteiger partial charge in [-0.25, -0.2) is 9.78 Å². The average molecular weight is 292 g/mol. The number of hydrogen-bond donors (Lipinski definition) is 2. The standard InChI is InChI=1S/C15H20N2O4/c1-3-13-16-12-6-4-5-11(15(19)20)14(12)17(13)10(7-8-18)9-21-2/h4-6,10,18H,3,7-9H2,1-2H3,(H,19,20). The molecule has 2 N–H and O–H groups in total. The smallest absolute Gasteiger partial charge is 0.337 e. The van der Waals surface area contributed by atoms with Crippen molar-refractivity contribution in [2.24, 2.45) is 0 Å². The van der Waals surface area contributed by atoms with Gasteiger partial charge in [0, 0.05) is 20.1 Å². The molecular formula is C15H20N2O4. The molecule has 0 fully saturated rings. The van der Waals surface area contributed by atoms with Gasteiger partial charge in [-0.15, -0.1) is 0 Å². The highest BCUT2D eigenvalue weighted by molar-refractivity contribution is 6.01. The number of imidazole rings is 1. The number of fused-ring (bicyclic) bond motifs is 1. The molecule has 0 aliphatic heterocycles. The van der Waals surface area contributed by atoms with E-state index in [1.54, 1.807) is 25.3 Å². The number of ether oxygens (including phenoxy) is 1. The van der Waals surface area contributed by atoms with Crippen molar-refractivity contribution in [3.05, 3.63) is 29.6 Å². The van der Waals surface area contributed by atoms with Crippen molar-refractivity contribution in [1.29, 1.82) is 0 Å². The average Bonchev–Trinajstić information content (AvgIpc) is 2.85. The molecule has 2 rings (SSSR count). The van der Waals surface area contributed by atoms with Gasteiger partial charge in [0.25, 0.3) is 0 Å². The largest absolute Gasteiger partial charge is 0.478 e. The summed E-state index contributed by atoms with van der Waals surface area (Å²) in [6.45, 7) is 2.38. The Morgan fingerprint density at radius 3 is 2.81 bits per heavy atom. The van der Waals surface area contributed by atoms with Crippen LogP contribution in [0.1, 0.15) is 35.6 Å². The van der Waals surface area contributed by atoms with E-state index in [-0.39, 0.29) is 18.2 Å². The van der Waals surface area contributed by atoms with E-state index in [1.165, 1.54) is 0 Å². The van der Waals surface area contributed by atoms with Gasteiger partial charge in [0.1, 0.15) is 5.82 Å². The van der Waals surface area contributed by atoms with E-state index in [4.69, 9.17) is 4.74 Å². The van der Waals surface area contributed by atoms with Crippen molar-refractivity contribution in [1.82, 2.24) is 9.55 Å². The highest BCUT2D eigenvalue weighted by Gasteiger charge is 2.22. The molecule has 0 saturated heterocycles. The zero-order valence-corrected chi connectivity index (χ0v) is 12.2. The number of hydrogen-bond acceptors (Lipinski definition) is 4. The second-order valence-electron chi connectivity index (χ2n) is 4.85. The maximum absolute atomic E-state index is 11.5. The van der Waals surface area contributed by atoms with Crippen LogP contribution in [0.25, 0.3) is 11.0 Å². The Bertz CT molecular complexity index is 630. The van der Waals surface area contributed by atoms with Crippen LogP contribution in [0.5, 0.6) is 0 Å². The third-order valence-corrected chi connectivity index (χ3v) is 3.52. The van der Waals surface area contributed by atoms with E-state index in [0.717, 1.165) is 5.82 Å². The van der Waals surface area contributed by atoms with Crippen LogP contribution >= 0.6 is 0 Å². The van der Waals surface area contributed by atoms with Crippen LogP contribution < -0.4 is 0 Å². The summed E-state index contributed by atoms with van der Waals surface area (Å²) in [5.74, 6) is -0.182. The molecule has 1 atom stereocenters. The van der Waals surface area contributed by atoms with E-state index < -0.39 is 5.97 Å². The molecule has 0 aliphatic rings. The molecular weight excluding hydrogens is 272 g/mol. The number of benzene rings is 1. The van der Waals surface area contributed by atoms with Gasteiger partial charge in [-0.3, -0.25) is 0 Å². The number of methoxy groups -OCH3 is 1. The van der Waals surface area contributed by atoms with Crippen molar-refractivity contribution in [3.63, 3.8) is 0 Å². The van der Waals surface area contributed by atoms with Gasteiger partial charge >= 0.3 is 5.97 Å². The monoisotopic (exact) mass is 292 g/mol. The molecule has 1 unspecified atom stereocenters. The van der Waals surface area contributed by atoms with Crippen LogP contribution in [0.2, 0.25) is 0 Å². The number of aromatic nitrogens is 2. The number of aliphatic hydroxyl groups excluding tert-OH is 1. The van der Waals surface area contributed by atoms with E-state index >= 15 is 0 Å². The maximum atomic E-state index is 11.5. The second kappa shape index (κ2) is 6.69. The number of para-hydroxylation sites is 1. The van der Waals surface area contributed by atoms with Crippen LogP contribution in [-0.4, -0.2) is 46.1 Å². The highest BCUT2D eigenvalue weighted by Crippen LogP contribution is 2.27. The van der Waals surface area contributed by atoms with E-state index in [0.29, 0.717) is 30.5 Å². The lowest BCUT2D eigenvalue weighted by Crippen LogP contribution is -2.19. The van der Waals surface area contributed by atoms with Crippen LogP contribution in [0.15, 0.2) is 18.2 Å². The summed E-state index contributed by atoms with van der Waals surface area (Å²) >= 11 is 0.